The van der Waals surface area contributed by atoms with Crippen LogP contribution in [0.25, 0.3) is 0 Å². The standard InChI is InChI=1S/C9H16Cl2N2O/c1-6-4-12-9(2,3)5-13(6)8(14)7(10)11/h6-7,12H,4-5H2,1-3H3. The van der Waals surface area contributed by atoms with Crippen molar-refractivity contribution >= 4 is 29.1 Å². The first-order valence-electron chi connectivity index (χ1n) is 4.67. The SMILES string of the molecule is CC1CNC(C)(C)CN1C(=O)C(Cl)Cl. The van der Waals surface area contributed by atoms with Gasteiger partial charge in [0.05, 0.1) is 0 Å². The van der Waals surface area contributed by atoms with Crippen LogP contribution in [0, 0.1) is 0 Å². The van der Waals surface area contributed by atoms with Gasteiger partial charge in [-0.05, 0) is 20.8 Å². The van der Waals surface area contributed by atoms with Gasteiger partial charge < -0.3 is 10.2 Å². The summed E-state index contributed by atoms with van der Waals surface area (Å²) in [5.41, 5.74) is -0.0646. The Morgan fingerprint density at radius 2 is 2.14 bits per heavy atom. The lowest BCUT2D eigenvalue weighted by atomic mass is 9.99. The molecule has 3 nitrogen and oxygen atoms in total. The fourth-order valence-electron chi connectivity index (χ4n) is 1.59. The van der Waals surface area contributed by atoms with Crippen molar-refractivity contribution in [3.8, 4) is 0 Å². The second-order valence-electron chi connectivity index (χ2n) is 4.38. The Kier molecular flexibility index (Phi) is 3.67. The normalized spacial score (nSPS) is 26.7. The van der Waals surface area contributed by atoms with Crippen molar-refractivity contribution in [3.63, 3.8) is 0 Å². The summed E-state index contributed by atoms with van der Waals surface area (Å²) in [6.07, 6.45) is 0. The Hall–Kier alpha value is 0.01000. The number of halogens is 2. The quantitative estimate of drug-likeness (QED) is 0.701. The first-order chi connectivity index (χ1) is 6.33. The fraction of sp³-hybridized carbons (Fsp3) is 0.889. The molecule has 1 heterocycles. The van der Waals surface area contributed by atoms with E-state index in [0.717, 1.165) is 6.54 Å². The topological polar surface area (TPSA) is 32.3 Å². The second-order valence-corrected chi connectivity index (χ2v) is 5.48. The van der Waals surface area contributed by atoms with Crippen LogP contribution in [0.5, 0.6) is 0 Å². The van der Waals surface area contributed by atoms with E-state index >= 15 is 0 Å². The van der Waals surface area contributed by atoms with Crippen LogP contribution in [0.15, 0.2) is 0 Å². The van der Waals surface area contributed by atoms with Crippen molar-refractivity contribution in [2.24, 2.45) is 0 Å². The maximum Gasteiger partial charge on any atom is 0.256 e. The molecule has 0 saturated carbocycles. The summed E-state index contributed by atoms with van der Waals surface area (Å²) in [6.45, 7) is 7.51. The van der Waals surface area contributed by atoms with Gasteiger partial charge in [-0.3, -0.25) is 4.79 Å². The van der Waals surface area contributed by atoms with E-state index in [-0.39, 0.29) is 17.5 Å². The van der Waals surface area contributed by atoms with Crippen LogP contribution in [0.1, 0.15) is 20.8 Å². The minimum absolute atomic E-state index is 0.0646. The Morgan fingerprint density at radius 1 is 1.57 bits per heavy atom. The Bertz CT molecular complexity index is 231. The van der Waals surface area contributed by atoms with E-state index in [1.165, 1.54) is 0 Å². The molecule has 0 bridgehead atoms. The van der Waals surface area contributed by atoms with Gasteiger partial charge in [-0.2, -0.15) is 0 Å². The summed E-state index contributed by atoms with van der Waals surface area (Å²) in [6, 6.07) is 0.149. The molecule has 1 unspecified atom stereocenters. The van der Waals surface area contributed by atoms with E-state index in [2.05, 4.69) is 19.2 Å². The maximum absolute atomic E-state index is 11.6. The number of rotatable bonds is 1. The molecule has 1 aliphatic rings. The predicted molar refractivity (Wildman–Crippen MR) is 58.8 cm³/mol. The van der Waals surface area contributed by atoms with Gasteiger partial charge in [0.15, 0.2) is 4.84 Å². The number of nitrogens with zero attached hydrogens (tertiary/aromatic N) is 1. The number of hydrogen-bond acceptors (Lipinski definition) is 2. The highest BCUT2D eigenvalue weighted by Crippen LogP contribution is 2.18. The average molecular weight is 239 g/mol. The zero-order chi connectivity index (χ0) is 10.9. The minimum Gasteiger partial charge on any atom is -0.335 e. The highest BCUT2D eigenvalue weighted by molar-refractivity contribution is 6.53. The first kappa shape index (κ1) is 12.1. The molecule has 1 atom stereocenters. The van der Waals surface area contributed by atoms with Crippen LogP contribution in [0.3, 0.4) is 0 Å². The fourth-order valence-corrected chi connectivity index (χ4v) is 1.84. The van der Waals surface area contributed by atoms with Crippen molar-refractivity contribution in [1.29, 1.82) is 0 Å². The van der Waals surface area contributed by atoms with Gasteiger partial charge in [-0.15, -0.1) is 0 Å². The summed E-state index contributed by atoms with van der Waals surface area (Å²) in [4.78, 5) is 12.4. The summed E-state index contributed by atoms with van der Waals surface area (Å²) in [5.74, 6) is -0.199. The van der Waals surface area contributed by atoms with E-state index < -0.39 is 4.84 Å². The van der Waals surface area contributed by atoms with Crippen LogP contribution < -0.4 is 5.32 Å². The molecule has 1 N–H and O–H groups in total. The molecular weight excluding hydrogens is 223 g/mol. The van der Waals surface area contributed by atoms with E-state index in [1.807, 2.05) is 6.92 Å². The summed E-state index contributed by atoms with van der Waals surface area (Å²) in [5, 5.41) is 3.35. The first-order valence-corrected chi connectivity index (χ1v) is 5.54. The molecule has 0 radical (unpaired) electrons. The molecule has 14 heavy (non-hydrogen) atoms. The Labute approximate surface area is 94.7 Å². The number of nitrogens with one attached hydrogen (secondary N) is 1. The zero-order valence-corrected chi connectivity index (χ0v) is 10.2. The largest absolute Gasteiger partial charge is 0.335 e. The van der Waals surface area contributed by atoms with Crippen LogP contribution in [0.2, 0.25) is 0 Å². The lowest BCUT2D eigenvalue weighted by molar-refractivity contribution is -0.133. The Balaban J connectivity index is 2.71. The van der Waals surface area contributed by atoms with E-state index in [4.69, 9.17) is 23.2 Å². The summed E-state index contributed by atoms with van der Waals surface area (Å²) < 4.78 is 0. The summed E-state index contributed by atoms with van der Waals surface area (Å²) in [7, 11) is 0. The van der Waals surface area contributed by atoms with Crippen LogP contribution in [-0.2, 0) is 4.79 Å². The van der Waals surface area contributed by atoms with Crippen molar-refractivity contribution in [2.45, 2.75) is 37.2 Å². The van der Waals surface area contributed by atoms with Crippen LogP contribution in [0.4, 0.5) is 0 Å². The molecule has 0 aliphatic carbocycles. The monoisotopic (exact) mass is 238 g/mol. The Morgan fingerprint density at radius 3 is 2.64 bits per heavy atom. The van der Waals surface area contributed by atoms with Gasteiger partial charge in [0.25, 0.3) is 5.91 Å². The molecule has 1 amide bonds. The maximum atomic E-state index is 11.6. The van der Waals surface area contributed by atoms with Crippen LogP contribution in [-0.4, -0.2) is 40.3 Å². The molecule has 5 heteroatoms. The molecule has 0 spiro atoms. The zero-order valence-electron chi connectivity index (χ0n) is 8.68. The number of carbonyl (C=O) groups is 1. The number of piperazine rings is 1. The number of amides is 1. The minimum atomic E-state index is -0.952. The third-order valence-corrected chi connectivity index (χ3v) is 2.82. The average Bonchev–Trinajstić information content (AvgIpc) is 2.08. The van der Waals surface area contributed by atoms with Gasteiger partial charge in [-0.25, -0.2) is 0 Å². The molecule has 1 rings (SSSR count). The van der Waals surface area contributed by atoms with Gasteiger partial charge in [-0.1, -0.05) is 23.2 Å². The highest BCUT2D eigenvalue weighted by Gasteiger charge is 2.34. The van der Waals surface area contributed by atoms with Crippen molar-refractivity contribution in [3.05, 3.63) is 0 Å². The van der Waals surface area contributed by atoms with E-state index in [1.54, 1.807) is 4.90 Å². The predicted octanol–water partition coefficient (Wildman–Crippen LogP) is 1.39. The molecule has 0 aromatic carbocycles. The number of alkyl halides is 2. The van der Waals surface area contributed by atoms with Crippen molar-refractivity contribution in [1.82, 2.24) is 10.2 Å². The lowest BCUT2D eigenvalue weighted by Gasteiger charge is -2.43. The van der Waals surface area contributed by atoms with Crippen molar-refractivity contribution < 1.29 is 4.79 Å². The van der Waals surface area contributed by atoms with Gasteiger partial charge >= 0.3 is 0 Å². The smallest absolute Gasteiger partial charge is 0.256 e. The molecule has 0 aromatic heterocycles. The lowest BCUT2D eigenvalue weighted by Crippen LogP contribution is -2.62. The highest BCUT2D eigenvalue weighted by atomic mass is 35.5. The molecular formula is C9H16Cl2N2O. The molecule has 82 valence electrons. The molecule has 1 fully saturated rings. The van der Waals surface area contributed by atoms with Gasteiger partial charge in [0.1, 0.15) is 0 Å². The number of carbonyl (C=O) groups excluding carboxylic acids is 1. The second kappa shape index (κ2) is 4.25. The van der Waals surface area contributed by atoms with Crippen molar-refractivity contribution in [2.75, 3.05) is 13.1 Å². The van der Waals surface area contributed by atoms with Gasteiger partial charge in [0.2, 0.25) is 0 Å². The van der Waals surface area contributed by atoms with E-state index in [9.17, 15) is 4.79 Å². The molecule has 1 aliphatic heterocycles. The number of hydrogen-bond donors (Lipinski definition) is 1. The third-order valence-electron chi connectivity index (χ3n) is 2.44. The van der Waals surface area contributed by atoms with Crippen LogP contribution >= 0.6 is 23.2 Å². The molecule has 1 saturated heterocycles. The summed E-state index contributed by atoms with van der Waals surface area (Å²) >= 11 is 11.1. The van der Waals surface area contributed by atoms with Gasteiger partial charge in [0, 0.05) is 24.7 Å². The molecule has 0 aromatic rings. The third kappa shape index (κ3) is 2.75. The van der Waals surface area contributed by atoms with E-state index in [0.29, 0.717) is 6.54 Å².